The first-order chi connectivity index (χ1) is 9.15. The van der Waals surface area contributed by atoms with Crippen molar-refractivity contribution in [2.75, 3.05) is 6.54 Å². The molecule has 0 saturated heterocycles. The topological polar surface area (TPSA) is 62.0 Å². The van der Waals surface area contributed by atoms with Crippen LogP contribution in [0.1, 0.15) is 44.2 Å². The van der Waals surface area contributed by atoms with Crippen LogP contribution in [0, 0.1) is 23.2 Å². The molecule has 4 bridgehead atoms. The van der Waals surface area contributed by atoms with E-state index in [4.69, 9.17) is 5.73 Å². The largest absolute Gasteiger partial charge is 0.382 e. The molecule has 4 N–H and O–H groups in total. The molecule has 1 aromatic rings. The highest BCUT2D eigenvalue weighted by molar-refractivity contribution is 5.22. The van der Waals surface area contributed by atoms with E-state index in [2.05, 4.69) is 4.98 Å². The second-order valence-corrected chi connectivity index (χ2v) is 7.35. The molecule has 1 unspecified atom stereocenters. The molecule has 0 radical (unpaired) electrons. The Morgan fingerprint density at radius 1 is 1.21 bits per heavy atom. The van der Waals surface area contributed by atoms with Gasteiger partial charge in [0.2, 0.25) is 0 Å². The van der Waals surface area contributed by atoms with Crippen molar-refractivity contribution in [1.29, 1.82) is 0 Å². The van der Waals surface area contributed by atoms with E-state index in [0.29, 0.717) is 6.54 Å². The van der Waals surface area contributed by atoms with Crippen molar-refractivity contribution < 1.29 is 5.11 Å². The summed E-state index contributed by atoms with van der Waals surface area (Å²) in [6, 6.07) is 3.97. The summed E-state index contributed by atoms with van der Waals surface area (Å²) >= 11 is 0. The number of aromatic nitrogens is 1. The highest BCUT2D eigenvalue weighted by Crippen LogP contribution is 2.65. The van der Waals surface area contributed by atoms with E-state index in [-0.39, 0.29) is 5.41 Å². The van der Waals surface area contributed by atoms with Gasteiger partial charge < -0.3 is 15.8 Å². The van der Waals surface area contributed by atoms with E-state index in [1.165, 1.54) is 38.5 Å². The first-order valence-corrected chi connectivity index (χ1v) is 7.71. The van der Waals surface area contributed by atoms with Crippen molar-refractivity contribution >= 4 is 0 Å². The van der Waals surface area contributed by atoms with Gasteiger partial charge in [0.15, 0.2) is 0 Å². The summed E-state index contributed by atoms with van der Waals surface area (Å²) in [5.41, 5.74) is 6.15. The summed E-state index contributed by atoms with van der Waals surface area (Å²) in [6.07, 6.45) is 9.60. The maximum absolute atomic E-state index is 11.4. The average molecular weight is 260 g/mol. The molecule has 1 aromatic heterocycles. The Kier molecular flexibility index (Phi) is 2.43. The lowest BCUT2D eigenvalue weighted by molar-refractivity contribution is -0.181. The predicted molar refractivity (Wildman–Crippen MR) is 74.3 cm³/mol. The number of rotatable bonds is 3. The quantitative estimate of drug-likeness (QED) is 0.781. The Bertz CT molecular complexity index is 432. The van der Waals surface area contributed by atoms with Crippen LogP contribution in [0.4, 0.5) is 0 Å². The molecule has 1 heterocycles. The lowest BCUT2D eigenvalue weighted by Gasteiger charge is -2.61. The van der Waals surface area contributed by atoms with Crippen molar-refractivity contribution in [3.63, 3.8) is 0 Å². The number of H-pyrrole nitrogens is 1. The third kappa shape index (κ3) is 1.52. The Balaban J connectivity index is 1.77. The van der Waals surface area contributed by atoms with Gasteiger partial charge in [-0.2, -0.15) is 0 Å². The van der Waals surface area contributed by atoms with Crippen LogP contribution in [0.2, 0.25) is 0 Å². The lowest BCUT2D eigenvalue weighted by Crippen LogP contribution is -2.59. The van der Waals surface area contributed by atoms with Crippen molar-refractivity contribution in [3.05, 3.63) is 24.0 Å². The van der Waals surface area contributed by atoms with Gasteiger partial charge in [0.05, 0.1) is 0 Å². The third-order valence-corrected chi connectivity index (χ3v) is 6.25. The Morgan fingerprint density at radius 2 is 1.79 bits per heavy atom. The maximum atomic E-state index is 11.4. The van der Waals surface area contributed by atoms with Gasteiger partial charge in [0, 0.05) is 23.9 Å². The maximum Gasteiger partial charge on any atom is 0.122 e. The van der Waals surface area contributed by atoms with Gasteiger partial charge in [-0.15, -0.1) is 0 Å². The Labute approximate surface area is 114 Å². The molecule has 1 atom stereocenters. The number of hydrogen-bond acceptors (Lipinski definition) is 2. The number of nitrogens with two attached hydrogens (primary N) is 1. The number of hydrogen-bond donors (Lipinski definition) is 3. The van der Waals surface area contributed by atoms with Crippen LogP contribution in [-0.2, 0) is 5.60 Å². The zero-order valence-electron chi connectivity index (χ0n) is 11.4. The second kappa shape index (κ2) is 3.86. The van der Waals surface area contributed by atoms with E-state index < -0.39 is 5.60 Å². The monoisotopic (exact) mass is 260 g/mol. The van der Waals surface area contributed by atoms with Crippen molar-refractivity contribution in [2.24, 2.45) is 28.9 Å². The van der Waals surface area contributed by atoms with Crippen LogP contribution < -0.4 is 5.73 Å². The second-order valence-electron chi connectivity index (χ2n) is 7.35. The Hall–Kier alpha value is -0.800. The van der Waals surface area contributed by atoms with E-state index in [9.17, 15) is 5.11 Å². The van der Waals surface area contributed by atoms with Gasteiger partial charge in [0.25, 0.3) is 0 Å². The smallest absolute Gasteiger partial charge is 0.122 e. The number of aliphatic hydroxyl groups is 1. The molecular weight excluding hydrogens is 236 g/mol. The average Bonchev–Trinajstić information content (AvgIpc) is 2.90. The summed E-state index contributed by atoms with van der Waals surface area (Å²) in [7, 11) is 0. The highest BCUT2D eigenvalue weighted by Gasteiger charge is 2.60. The zero-order valence-corrected chi connectivity index (χ0v) is 11.4. The summed E-state index contributed by atoms with van der Waals surface area (Å²) in [5.74, 6) is 2.50. The number of nitrogens with one attached hydrogen (secondary N) is 1. The van der Waals surface area contributed by atoms with Crippen LogP contribution in [0.3, 0.4) is 0 Å². The normalized spacial score (nSPS) is 43.4. The molecule has 0 aromatic carbocycles. The highest BCUT2D eigenvalue weighted by atomic mass is 16.3. The molecule has 5 rings (SSSR count). The molecule has 4 aliphatic rings. The Morgan fingerprint density at radius 3 is 2.21 bits per heavy atom. The third-order valence-electron chi connectivity index (χ3n) is 6.25. The van der Waals surface area contributed by atoms with E-state index in [1.54, 1.807) is 0 Å². The fourth-order valence-corrected chi connectivity index (χ4v) is 5.82. The van der Waals surface area contributed by atoms with E-state index >= 15 is 0 Å². The van der Waals surface area contributed by atoms with Crippen LogP contribution in [-0.4, -0.2) is 16.6 Å². The van der Waals surface area contributed by atoms with Crippen LogP contribution >= 0.6 is 0 Å². The van der Waals surface area contributed by atoms with Crippen LogP contribution in [0.15, 0.2) is 18.3 Å². The summed E-state index contributed by atoms with van der Waals surface area (Å²) in [6.45, 7) is 0.333. The van der Waals surface area contributed by atoms with Crippen molar-refractivity contribution in [3.8, 4) is 0 Å². The van der Waals surface area contributed by atoms with Gasteiger partial charge in [-0.25, -0.2) is 0 Å². The first-order valence-electron chi connectivity index (χ1n) is 7.71. The standard InChI is InChI=1S/C16H24N2O/c17-10-16(19,14-2-1-3-18-14)15-7-11-4-12(8-15)6-13(5-11)9-15/h1-3,11-13,18-19H,4-10,17H2. The molecule has 3 nitrogen and oxygen atoms in total. The molecule has 3 heteroatoms. The van der Waals surface area contributed by atoms with Gasteiger partial charge in [0.1, 0.15) is 5.60 Å². The minimum absolute atomic E-state index is 0.0291. The molecular formula is C16H24N2O. The fourth-order valence-electron chi connectivity index (χ4n) is 5.82. The molecule has 0 amide bonds. The minimum Gasteiger partial charge on any atom is -0.382 e. The molecule has 4 aliphatic carbocycles. The van der Waals surface area contributed by atoms with E-state index in [1.807, 2.05) is 18.3 Å². The van der Waals surface area contributed by atoms with Gasteiger partial charge in [-0.3, -0.25) is 0 Å². The SMILES string of the molecule is NCC(O)(c1ccc[nH]1)C12CC3CC(CC(C3)C1)C2. The fraction of sp³-hybridized carbons (Fsp3) is 0.750. The first kappa shape index (κ1) is 12.0. The van der Waals surface area contributed by atoms with Gasteiger partial charge in [-0.05, 0) is 68.4 Å². The predicted octanol–water partition coefficient (Wildman–Crippen LogP) is 2.38. The molecule has 0 aliphatic heterocycles. The summed E-state index contributed by atoms with van der Waals surface area (Å²) < 4.78 is 0. The molecule has 104 valence electrons. The summed E-state index contributed by atoms with van der Waals surface area (Å²) in [5, 5.41) is 11.4. The minimum atomic E-state index is -0.855. The van der Waals surface area contributed by atoms with Crippen molar-refractivity contribution in [2.45, 2.75) is 44.1 Å². The molecule has 19 heavy (non-hydrogen) atoms. The van der Waals surface area contributed by atoms with Gasteiger partial charge in [-0.1, -0.05) is 0 Å². The van der Waals surface area contributed by atoms with E-state index in [0.717, 1.165) is 23.4 Å². The molecule has 0 spiro atoms. The van der Waals surface area contributed by atoms with Crippen molar-refractivity contribution in [1.82, 2.24) is 4.98 Å². The van der Waals surface area contributed by atoms with Crippen LogP contribution in [0.25, 0.3) is 0 Å². The molecule has 4 fully saturated rings. The van der Waals surface area contributed by atoms with Crippen LogP contribution in [0.5, 0.6) is 0 Å². The number of aromatic amines is 1. The lowest BCUT2D eigenvalue weighted by atomic mass is 9.45. The zero-order chi connectivity index (χ0) is 13.1. The molecule has 4 saturated carbocycles. The van der Waals surface area contributed by atoms with Gasteiger partial charge >= 0.3 is 0 Å². The summed E-state index contributed by atoms with van der Waals surface area (Å²) in [4.78, 5) is 3.22.